The van der Waals surface area contributed by atoms with Gasteiger partial charge in [0.25, 0.3) is 0 Å². The number of rotatable bonds is 9. The summed E-state index contributed by atoms with van der Waals surface area (Å²) < 4.78 is 54.9. The Bertz CT molecular complexity index is 2230. The molecule has 2 aliphatic rings. The quantitative estimate of drug-likeness (QED) is 0.111. The molecule has 0 radical (unpaired) electrons. The average Bonchev–Trinajstić information content (AvgIpc) is 3.82. The predicted octanol–water partition coefficient (Wildman–Crippen LogP) is 11.3. The first-order chi connectivity index (χ1) is 27.2. The molecule has 2 amide bonds. The topological polar surface area (TPSA) is 116 Å². The van der Waals surface area contributed by atoms with Crippen LogP contribution in [0.4, 0.5) is 17.6 Å². The number of nitrogens with zero attached hydrogens (tertiary/aromatic N) is 2. The molecule has 7 rings (SSSR count). The number of H-pyrrole nitrogens is 2. The lowest BCUT2D eigenvalue weighted by Gasteiger charge is -2.33. The van der Waals surface area contributed by atoms with Crippen LogP contribution in [0.25, 0.3) is 44.5 Å². The summed E-state index contributed by atoms with van der Waals surface area (Å²) in [5, 5.41) is 6.23. The Labute approximate surface area is 337 Å². The van der Waals surface area contributed by atoms with E-state index in [1.807, 2.05) is 71.9 Å². The van der Waals surface area contributed by atoms with Gasteiger partial charge in [-0.3, -0.25) is 9.59 Å². The lowest BCUT2D eigenvalue weighted by molar-refractivity contribution is -0.131. The van der Waals surface area contributed by atoms with E-state index in [2.05, 4.69) is 62.0 Å². The molecule has 2 aromatic heterocycles. The first-order valence-electron chi connectivity index (χ1n) is 20.4. The van der Waals surface area contributed by atoms with Crippen molar-refractivity contribution in [3.05, 3.63) is 84.6 Å². The summed E-state index contributed by atoms with van der Waals surface area (Å²) in [6.07, 6.45) is 1.41. The van der Waals surface area contributed by atoms with Gasteiger partial charge in [-0.15, -0.1) is 0 Å². The SMILES string of the molecule is CC(C)(C)C(NC(=O)C1CCC(F)(F)CC1)c1ncc(-c2ccc(-c3ccc(-c4ccc5nc(C(NC(=O)C6CCC(F)(F)CC6)C(C)(C)C)[nH]c5c4)cc3)cc2)[nH]1. The van der Waals surface area contributed by atoms with E-state index in [4.69, 9.17) is 4.98 Å². The Kier molecular flexibility index (Phi) is 11.1. The van der Waals surface area contributed by atoms with E-state index in [9.17, 15) is 27.2 Å². The Morgan fingerprint density at radius 1 is 0.621 bits per heavy atom. The molecule has 2 atom stereocenters. The van der Waals surface area contributed by atoms with Gasteiger partial charge in [0.15, 0.2) is 0 Å². The highest BCUT2D eigenvalue weighted by Crippen LogP contribution is 2.40. The Balaban J connectivity index is 1.02. The molecule has 12 heteroatoms. The minimum atomic E-state index is -2.69. The van der Waals surface area contributed by atoms with Crippen molar-refractivity contribution in [2.24, 2.45) is 22.7 Å². The van der Waals surface area contributed by atoms with Gasteiger partial charge in [0.1, 0.15) is 11.6 Å². The summed E-state index contributed by atoms with van der Waals surface area (Å²) in [6, 6.07) is 21.7. The first-order valence-corrected chi connectivity index (χ1v) is 20.4. The van der Waals surface area contributed by atoms with Gasteiger partial charge in [0, 0.05) is 37.5 Å². The number of aromatic amines is 2. The summed E-state index contributed by atoms with van der Waals surface area (Å²) in [5.41, 5.74) is 6.72. The molecule has 4 N–H and O–H groups in total. The fraction of sp³-hybridized carbons (Fsp3) is 0.478. The zero-order chi connectivity index (χ0) is 41.6. The molecule has 8 nitrogen and oxygen atoms in total. The number of alkyl halides is 4. The van der Waals surface area contributed by atoms with Crippen LogP contribution in [0.5, 0.6) is 0 Å². The molecular formula is C46H54F4N6O2. The average molecular weight is 799 g/mol. The second kappa shape index (κ2) is 15.6. The maximum absolute atomic E-state index is 13.7. The number of hydrogen-bond acceptors (Lipinski definition) is 4. The summed E-state index contributed by atoms with van der Waals surface area (Å²) in [6.45, 7) is 12.1. The second-order valence-corrected chi connectivity index (χ2v) is 18.6. The number of imidazole rings is 2. The minimum Gasteiger partial charge on any atom is -0.345 e. The number of hydrogen-bond donors (Lipinski definition) is 4. The molecule has 2 saturated carbocycles. The maximum atomic E-state index is 13.7. The fourth-order valence-electron chi connectivity index (χ4n) is 8.19. The summed E-state index contributed by atoms with van der Waals surface area (Å²) >= 11 is 0. The van der Waals surface area contributed by atoms with Crippen LogP contribution in [0.2, 0.25) is 0 Å². The van der Waals surface area contributed by atoms with E-state index >= 15 is 0 Å². The van der Waals surface area contributed by atoms with Gasteiger partial charge >= 0.3 is 0 Å². The Morgan fingerprint density at radius 3 is 1.50 bits per heavy atom. The van der Waals surface area contributed by atoms with E-state index in [0.717, 1.165) is 44.5 Å². The van der Waals surface area contributed by atoms with Crippen LogP contribution < -0.4 is 10.6 Å². The third-order valence-electron chi connectivity index (χ3n) is 11.9. The van der Waals surface area contributed by atoms with E-state index in [1.54, 1.807) is 6.20 Å². The molecule has 58 heavy (non-hydrogen) atoms. The number of amides is 2. The van der Waals surface area contributed by atoms with Crippen molar-refractivity contribution >= 4 is 22.8 Å². The summed E-state index contributed by atoms with van der Waals surface area (Å²) in [7, 11) is 0. The van der Waals surface area contributed by atoms with Gasteiger partial charge < -0.3 is 20.6 Å². The molecule has 3 aromatic carbocycles. The van der Waals surface area contributed by atoms with Gasteiger partial charge in [-0.25, -0.2) is 27.5 Å². The van der Waals surface area contributed by atoms with Crippen molar-refractivity contribution in [1.29, 1.82) is 0 Å². The van der Waals surface area contributed by atoms with E-state index in [0.29, 0.717) is 11.6 Å². The van der Waals surface area contributed by atoms with Crippen molar-refractivity contribution in [3.63, 3.8) is 0 Å². The van der Waals surface area contributed by atoms with Crippen molar-refractivity contribution in [2.75, 3.05) is 0 Å². The normalized spacial score (nSPS) is 18.8. The van der Waals surface area contributed by atoms with Crippen LogP contribution in [0.3, 0.4) is 0 Å². The third-order valence-corrected chi connectivity index (χ3v) is 11.9. The van der Waals surface area contributed by atoms with Gasteiger partial charge in [-0.2, -0.15) is 0 Å². The third kappa shape index (κ3) is 9.31. The van der Waals surface area contributed by atoms with E-state index < -0.39 is 35.8 Å². The molecule has 2 aliphatic carbocycles. The number of carbonyl (C=O) groups is 2. The van der Waals surface area contributed by atoms with Crippen LogP contribution in [-0.4, -0.2) is 43.6 Å². The molecule has 2 unspecified atom stereocenters. The largest absolute Gasteiger partial charge is 0.345 e. The lowest BCUT2D eigenvalue weighted by Crippen LogP contribution is -2.42. The second-order valence-electron chi connectivity index (χ2n) is 18.6. The van der Waals surface area contributed by atoms with Crippen molar-refractivity contribution in [3.8, 4) is 33.5 Å². The zero-order valence-corrected chi connectivity index (χ0v) is 34.1. The maximum Gasteiger partial charge on any atom is 0.248 e. The molecule has 2 fully saturated rings. The number of fused-ring (bicyclic) bond motifs is 1. The van der Waals surface area contributed by atoms with Crippen molar-refractivity contribution in [2.45, 2.75) is 117 Å². The Morgan fingerprint density at radius 2 is 1.03 bits per heavy atom. The number of halogens is 4. The highest BCUT2D eigenvalue weighted by Gasteiger charge is 2.41. The predicted molar refractivity (Wildman–Crippen MR) is 219 cm³/mol. The molecule has 5 aromatic rings. The highest BCUT2D eigenvalue weighted by atomic mass is 19.3. The van der Waals surface area contributed by atoms with Crippen LogP contribution >= 0.6 is 0 Å². The van der Waals surface area contributed by atoms with Crippen LogP contribution in [-0.2, 0) is 9.59 Å². The molecule has 308 valence electrons. The highest BCUT2D eigenvalue weighted by molar-refractivity contribution is 5.84. The van der Waals surface area contributed by atoms with Gasteiger partial charge in [-0.1, -0.05) is 96.1 Å². The smallest absolute Gasteiger partial charge is 0.248 e. The monoisotopic (exact) mass is 798 g/mol. The molecule has 0 saturated heterocycles. The van der Waals surface area contributed by atoms with E-state index in [-0.39, 0.29) is 74.0 Å². The number of benzene rings is 3. The molecular weight excluding hydrogens is 745 g/mol. The molecule has 2 heterocycles. The number of nitrogens with one attached hydrogen (secondary N) is 4. The summed E-state index contributed by atoms with van der Waals surface area (Å²) in [5.74, 6) is -5.41. The lowest BCUT2D eigenvalue weighted by atomic mass is 9.83. The molecule has 0 aliphatic heterocycles. The number of carbonyl (C=O) groups excluding carboxylic acids is 2. The van der Waals surface area contributed by atoms with Gasteiger partial charge in [0.2, 0.25) is 23.7 Å². The fourth-order valence-corrected chi connectivity index (χ4v) is 8.19. The summed E-state index contributed by atoms with van der Waals surface area (Å²) in [4.78, 5) is 42.7. The van der Waals surface area contributed by atoms with Crippen LogP contribution in [0.15, 0.2) is 72.9 Å². The Hall–Kier alpha value is -5.00. The van der Waals surface area contributed by atoms with Gasteiger partial charge in [0.05, 0.1) is 35.0 Å². The zero-order valence-electron chi connectivity index (χ0n) is 34.1. The van der Waals surface area contributed by atoms with Crippen LogP contribution in [0.1, 0.15) is 117 Å². The minimum absolute atomic E-state index is 0.176. The van der Waals surface area contributed by atoms with Gasteiger partial charge in [-0.05, 0) is 76.5 Å². The van der Waals surface area contributed by atoms with Crippen LogP contribution in [0, 0.1) is 22.7 Å². The van der Waals surface area contributed by atoms with Crippen molar-refractivity contribution in [1.82, 2.24) is 30.6 Å². The molecule has 0 spiro atoms. The van der Waals surface area contributed by atoms with Crippen molar-refractivity contribution < 1.29 is 27.2 Å². The standard InChI is InChI=1S/C46H54F4N6O2/c1-43(2,3)37(55-41(57)31-17-21-45(47,48)22-18-31)39-51-26-36(54-39)30-13-11-28(12-14-30)27-7-9-29(10-8-27)33-15-16-34-35(25-33)53-40(52-34)38(44(4,5)6)56-42(58)32-19-23-46(49,50)24-20-32/h7-16,25-26,31-32,37-38H,17-24H2,1-6H3,(H,51,54)(H,52,53)(H,55,57)(H,56,58). The first kappa shape index (κ1) is 41.2. The molecule has 0 bridgehead atoms. The number of aromatic nitrogens is 4. The van der Waals surface area contributed by atoms with E-state index in [1.165, 1.54) is 0 Å².